The number of fused-ring (bicyclic) bond motifs is 1. The number of nitrogens with zero attached hydrogens (tertiary/aromatic N) is 1. The number of quaternary nitrogens is 1. The van der Waals surface area contributed by atoms with Crippen LogP contribution in [0.15, 0.2) is 48.5 Å². The van der Waals surface area contributed by atoms with Crippen molar-refractivity contribution in [2.24, 2.45) is 0 Å². The van der Waals surface area contributed by atoms with Crippen LogP contribution in [-0.4, -0.2) is 20.2 Å². The average molecular weight is 290 g/mol. The molecular formula is C15H17BClNO2. The van der Waals surface area contributed by atoms with Crippen molar-refractivity contribution < 1.29 is 9.31 Å². The highest BCUT2D eigenvalue weighted by Crippen LogP contribution is 2.43. The Morgan fingerprint density at radius 3 is 1.90 bits per heavy atom. The summed E-state index contributed by atoms with van der Waals surface area (Å²) in [5, 5.41) is 0. The first-order chi connectivity index (χ1) is 9.42. The first-order valence-electron chi connectivity index (χ1n) is 6.62. The molecule has 3 rings (SSSR count). The first-order valence-corrected chi connectivity index (χ1v) is 7.06. The van der Waals surface area contributed by atoms with E-state index in [4.69, 9.17) is 20.8 Å². The summed E-state index contributed by atoms with van der Waals surface area (Å²) in [5.74, 6) is 1.39. The molecule has 0 N–H and O–H groups in total. The summed E-state index contributed by atoms with van der Waals surface area (Å²) < 4.78 is 12.2. The molecule has 1 heterocycles. The summed E-state index contributed by atoms with van der Waals surface area (Å²) in [6.45, 7) is 2.06. The molecule has 0 saturated heterocycles. The van der Waals surface area contributed by atoms with Crippen LogP contribution in [0.5, 0.6) is 11.5 Å². The fraction of sp³-hybridized carbons (Fsp3) is 0.200. The number of halogens is 1. The first kappa shape index (κ1) is 13.3. The molecule has 0 spiro atoms. The van der Waals surface area contributed by atoms with Gasteiger partial charge in [0.1, 0.15) is 11.5 Å². The lowest BCUT2D eigenvalue weighted by Gasteiger charge is -2.45. The highest BCUT2D eigenvalue weighted by Gasteiger charge is 2.54. The van der Waals surface area contributed by atoms with Gasteiger partial charge in [-0.1, -0.05) is 29.8 Å². The van der Waals surface area contributed by atoms with Crippen molar-refractivity contribution in [3.8, 4) is 11.5 Å². The van der Waals surface area contributed by atoms with Crippen LogP contribution in [0.3, 0.4) is 0 Å². The van der Waals surface area contributed by atoms with E-state index in [-0.39, 0.29) is 0 Å². The quantitative estimate of drug-likeness (QED) is 0.785. The predicted octanol–water partition coefficient (Wildman–Crippen LogP) is 3.71. The molecule has 5 heteroatoms. The standard InChI is InChI=1S/C15H17BClNO2/c1-12-8-10-13(11-9-12)18(2,3)16(17)19-14-6-4-5-7-15(14)20-16/h4-11H,1-3H3. The maximum absolute atomic E-state index is 6.69. The van der Waals surface area contributed by atoms with Crippen molar-refractivity contribution in [2.75, 3.05) is 14.1 Å². The van der Waals surface area contributed by atoms with Gasteiger partial charge in [-0.05, 0) is 31.2 Å². The lowest BCUT2D eigenvalue weighted by Crippen LogP contribution is -2.68. The Kier molecular flexibility index (Phi) is 2.96. The summed E-state index contributed by atoms with van der Waals surface area (Å²) in [6, 6.07) is 15.8. The third kappa shape index (κ3) is 1.96. The fourth-order valence-corrected chi connectivity index (χ4v) is 2.66. The second kappa shape index (κ2) is 4.43. The van der Waals surface area contributed by atoms with Gasteiger partial charge in [-0.2, -0.15) is 0 Å². The smallest absolute Gasteiger partial charge is 0.614 e. The molecule has 0 amide bonds. The monoisotopic (exact) mass is 289 g/mol. The highest BCUT2D eigenvalue weighted by molar-refractivity contribution is 7.14. The van der Waals surface area contributed by atoms with Gasteiger partial charge in [-0.3, -0.25) is 0 Å². The second-order valence-electron chi connectivity index (χ2n) is 5.64. The molecule has 2 aromatic rings. The van der Waals surface area contributed by atoms with Crippen LogP contribution >= 0.6 is 11.5 Å². The van der Waals surface area contributed by atoms with Gasteiger partial charge in [0.25, 0.3) is 0 Å². The van der Waals surface area contributed by atoms with E-state index in [2.05, 4.69) is 31.2 Å². The van der Waals surface area contributed by atoms with Gasteiger partial charge in [0.2, 0.25) is 0 Å². The highest BCUT2D eigenvalue weighted by atomic mass is 35.5. The summed E-state index contributed by atoms with van der Waals surface area (Å²) in [6.07, 6.45) is -2.05. The molecule has 0 atom stereocenters. The van der Waals surface area contributed by atoms with Crippen LogP contribution in [0.4, 0.5) is 5.69 Å². The molecule has 1 aliphatic heterocycles. The number of benzene rings is 2. The van der Waals surface area contributed by atoms with E-state index >= 15 is 0 Å². The summed E-state index contributed by atoms with van der Waals surface area (Å²) in [4.78, 5) is 0. The molecule has 20 heavy (non-hydrogen) atoms. The SMILES string of the molecule is Cc1ccc([N+](C)(C)[B-]2(Cl)Oc3ccccc3O2)cc1. The van der Waals surface area contributed by atoms with Crippen molar-refractivity contribution in [1.29, 1.82) is 0 Å². The molecular weight excluding hydrogens is 272 g/mol. The van der Waals surface area contributed by atoms with Crippen molar-refractivity contribution in [3.05, 3.63) is 54.1 Å². The van der Waals surface area contributed by atoms with Crippen LogP contribution in [0, 0.1) is 6.92 Å². The minimum atomic E-state index is -2.05. The van der Waals surface area contributed by atoms with Crippen LogP contribution in [0.1, 0.15) is 5.56 Å². The van der Waals surface area contributed by atoms with Gasteiger partial charge in [0.05, 0.1) is 5.69 Å². The number of para-hydroxylation sites is 2. The molecule has 0 saturated carbocycles. The molecule has 0 unspecified atom stereocenters. The Balaban J connectivity index is 1.98. The number of hydrogen-bond donors (Lipinski definition) is 0. The lowest BCUT2D eigenvalue weighted by molar-refractivity contribution is 0.374. The van der Waals surface area contributed by atoms with Gasteiger partial charge >= 0.3 is 6.10 Å². The molecule has 0 aliphatic carbocycles. The van der Waals surface area contributed by atoms with E-state index in [0.29, 0.717) is 15.9 Å². The van der Waals surface area contributed by atoms with Crippen LogP contribution in [0.2, 0.25) is 0 Å². The predicted molar refractivity (Wildman–Crippen MR) is 84.1 cm³/mol. The molecule has 0 aromatic heterocycles. The number of rotatable bonds is 2. The molecule has 2 aromatic carbocycles. The zero-order chi connectivity index (χ0) is 14.4. The maximum Gasteiger partial charge on any atom is 0.681 e. The van der Waals surface area contributed by atoms with Crippen molar-refractivity contribution in [3.63, 3.8) is 0 Å². The molecule has 1 aliphatic rings. The summed E-state index contributed by atoms with van der Waals surface area (Å²) >= 11 is 6.69. The second-order valence-corrected chi connectivity index (χ2v) is 6.19. The van der Waals surface area contributed by atoms with Gasteiger partial charge in [0, 0.05) is 14.1 Å². The molecule has 104 valence electrons. The molecule has 3 nitrogen and oxygen atoms in total. The van der Waals surface area contributed by atoms with E-state index in [0.717, 1.165) is 5.69 Å². The van der Waals surface area contributed by atoms with E-state index in [9.17, 15) is 0 Å². The average Bonchev–Trinajstić information content (AvgIpc) is 2.77. The Morgan fingerprint density at radius 1 is 0.900 bits per heavy atom. The third-order valence-electron chi connectivity index (χ3n) is 3.86. The molecule has 0 fully saturated rings. The Bertz CT molecular complexity index is 618. The van der Waals surface area contributed by atoms with Gasteiger partial charge in [0.15, 0.2) is 0 Å². The fourth-order valence-electron chi connectivity index (χ4n) is 2.35. The van der Waals surface area contributed by atoms with E-state index in [1.165, 1.54) is 5.56 Å². The van der Waals surface area contributed by atoms with Gasteiger partial charge < -0.3 is 13.7 Å². The largest absolute Gasteiger partial charge is 0.681 e. The molecule has 0 radical (unpaired) electrons. The van der Waals surface area contributed by atoms with Crippen molar-refractivity contribution in [1.82, 2.24) is 4.39 Å². The zero-order valence-electron chi connectivity index (χ0n) is 11.8. The Labute approximate surface area is 124 Å². The molecule has 0 bridgehead atoms. The number of aryl methyl sites for hydroxylation is 1. The Hall–Kier alpha value is -1.65. The minimum absolute atomic E-state index is 0.316. The maximum atomic E-state index is 6.69. The van der Waals surface area contributed by atoms with Crippen LogP contribution < -0.4 is 13.7 Å². The number of hydrogen-bond acceptors (Lipinski definition) is 2. The van der Waals surface area contributed by atoms with E-state index in [1.54, 1.807) is 0 Å². The third-order valence-corrected chi connectivity index (χ3v) is 4.53. The summed E-state index contributed by atoms with van der Waals surface area (Å²) in [5.41, 5.74) is 2.25. The van der Waals surface area contributed by atoms with E-state index < -0.39 is 6.10 Å². The summed E-state index contributed by atoms with van der Waals surface area (Å²) in [7, 11) is 3.98. The normalized spacial score (nSPS) is 16.2. The minimum Gasteiger partial charge on any atom is -0.614 e. The topological polar surface area (TPSA) is 18.5 Å². The van der Waals surface area contributed by atoms with E-state index in [1.807, 2.05) is 38.4 Å². The van der Waals surface area contributed by atoms with Crippen LogP contribution in [0.25, 0.3) is 0 Å². The van der Waals surface area contributed by atoms with Crippen molar-refractivity contribution in [2.45, 2.75) is 6.92 Å². The Morgan fingerprint density at radius 2 is 1.40 bits per heavy atom. The van der Waals surface area contributed by atoms with Gasteiger partial charge in [-0.25, -0.2) is 11.5 Å². The van der Waals surface area contributed by atoms with Gasteiger partial charge in [-0.15, -0.1) is 0 Å². The lowest BCUT2D eigenvalue weighted by atomic mass is 9.96. The van der Waals surface area contributed by atoms with Crippen LogP contribution in [-0.2, 0) is 0 Å². The zero-order valence-corrected chi connectivity index (χ0v) is 12.6. The van der Waals surface area contributed by atoms with Crippen molar-refractivity contribution >= 4 is 23.2 Å².